The van der Waals surface area contributed by atoms with Crippen LogP contribution in [0, 0.1) is 5.92 Å². The molecule has 6 nitrogen and oxygen atoms in total. The first-order valence-corrected chi connectivity index (χ1v) is 12.8. The standard InChI is InChI=1S/C31H38N2O4/c1-23(2)21-32-31(35)27(19-24-11-7-5-8-12-24)33(22-26-13-9-6-10-14-26)30(34)18-16-25-15-17-28(36-3)29(20-25)37-4/h5-15,17,20,23,27H,16,18-19,21-22H2,1-4H3,(H,32,35). The first kappa shape index (κ1) is 27.8. The van der Waals surface area contributed by atoms with Crippen molar-refractivity contribution in [1.29, 1.82) is 0 Å². The third-order valence-electron chi connectivity index (χ3n) is 6.23. The molecule has 37 heavy (non-hydrogen) atoms. The van der Waals surface area contributed by atoms with E-state index in [1.807, 2.05) is 78.9 Å². The second-order valence-electron chi connectivity index (χ2n) is 9.54. The summed E-state index contributed by atoms with van der Waals surface area (Å²) >= 11 is 0. The van der Waals surface area contributed by atoms with Gasteiger partial charge in [-0.25, -0.2) is 0 Å². The molecule has 0 heterocycles. The minimum Gasteiger partial charge on any atom is -0.493 e. The second-order valence-corrected chi connectivity index (χ2v) is 9.54. The molecule has 0 bridgehead atoms. The van der Waals surface area contributed by atoms with Gasteiger partial charge in [0.25, 0.3) is 0 Å². The zero-order valence-electron chi connectivity index (χ0n) is 22.3. The van der Waals surface area contributed by atoms with Gasteiger partial charge in [-0.2, -0.15) is 0 Å². The third kappa shape index (κ3) is 8.38. The summed E-state index contributed by atoms with van der Waals surface area (Å²) in [5.41, 5.74) is 2.96. The number of nitrogens with zero attached hydrogens (tertiary/aromatic N) is 1. The zero-order chi connectivity index (χ0) is 26.6. The fourth-order valence-electron chi connectivity index (χ4n) is 4.19. The van der Waals surface area contributed by atoms with Gasteiger partial charge in [0, 0.05) is 25.9 Å². The van der Waals surface area contributed by atoms with Crippen molar-refractivity contribution in [2.24, 2.45) is 5.92 Å². The van der Waals surface area contributed by atoms with Crippen molar-refractivity contribution in [1.82, 2.24) is 10.2 Å². The monoisotopic (exact) mass is 502 g/mol. The number of hydrogen-bond donors (Lipinski definition) is 1. The molecule has 0 fully saturated rings. The Morgan fingerprint density at radius 3 is 2.03 bits per heavy atom. The van der Waals surface area contributed by atoms with Gasteiger partial charge in [0.1, 0.15) is 6.04 Å². The molecule has 0 radical (unpaired) electrons. The van der Waals surface area contributed by atoms with E-state index in [-0.39, 0.29) is 18.2 Å². The number of ether oxygens (including phenoxy) is 2. The Balaban J connectivity index is 1.87. The Kier molecular flexibility index (Phi) is 10.6. The number of carbonyl (C=O) groups is 2. The van der Waals surface area contributed by atoms with Crippen LogP contribution < -0.4 is 14.8 Å². The van der Waals surface area contributed by atoms with Crippen LogP contribution in [-0.4, -0.2) is 43.5 Å². The Labute approximate surface area is 220 Å². The molecule has 0 aliphatic heterocycles. The minimum atomic E-state index is -0.626. The first-order valence-electron chi connectivity index (χ1n) is 12.8. The average molecular weight is 503 g/mol. The molecule has 1 unspecified atom stereocenters. The number of rotatable bonds is 13. The maximum absolute atomic E-state index is 13.8. The molecule has 2 amide bonds. The SMILES string of the molecule is COc1ccc(CCC(=O)N(Cc2ccccc2)C(Cc2ccccc2)C(=O)NCC(C)C)cc1OC. The predicted molar refractivity (Wildman–Crippen MR) is 147 cm³/mol. The van der Waals surface area contributed by atoms with E-state index in [0.717, 1.165) is 16.7 Å². The van der Waals surface area contributed by atoms with Crippen molar-refractivity contribution in [2.75, 3.05) is 20.8 Å². The van der Waals surface area contributed by atoms with Gasteiger partial charge < -0.3 is 19.7 Å². The molecular weight excluding hydrogens is 464 g/mol. The third-order valence-corrected chi connectivity index (χ3v) is 6.23. The normalized spacial score (nSPS) is 11.6. The molecule has 3 aromatic carbocycles. The van der Waals surface area contributed by atoms with Crippen molar-refractivity contribution in [3.8, 4) is 11.5 Å². The summed E-state index contributed by atoms with van der Waals surface area (Å²) in [6, 6.07) is 24.7. The van der Waals surface area contributed by atoms with Crippen LogP contribution >= 0.6 is 0 Å². The van der Waals surface area contributed by atoms with Gasteiger partial charge in [0.2, 0.25) is 11.8 Å². The lowest BCUT2D eigenvalue weighted by Crippen LogP contribution is -2.51. The van der Waals surface area contributed by atoms with Crippen LogP contribution in [0.2, 0.25) is 0 Å². The molecule has 0 aromatic heterocycles. The summed E-state index contributed by atoms with van der Waals surface area (Å²) in [6.07, 6.45) is 1.24. The molecule has 0 spiro atoms. The van der Waals surface area contributed by atoms with Crippen molar-refractivity contribution < 1.29 is 19.1 Å². The van der Waals surface area contributed by atoms with E-state index in [2.05, 4.69) is 19.2 Å². The van der Waals surface area contributed by atoms with Crippen LogP contribution in [0.3, 0.4) is 0 Å². The number of hydrogen-bond acceptors (Lipinski definition) is 4. The van der Waals surface area contributed by atoms with Crippen LogP contribution in [0.25, 0.3) is 0 Å². The highest BCUT2D eigenvalue weighted by atomic mass is 16.5. The summed E-state index contributed by atoms with van der Waals surface area (Å²) in [7, 11) is 3.19. The van der Waals surface area contributed by atoms with E-state index in [4.69, 9.17) is 9.47 Å². The Hall–Kier alpha value is -3.80. The number of nitrogens with one attached hydrogen (secondary N) is 1. The molecule has 1 N–H and O–H groups in total. The van der Waals surface area contributed by atoms with Crippen LogP contribution in [0.15, 0.2) is 78.9 Å². The maximum Gasteiger partial charge on any atom is 0.243 e. The van der Waals surface area contributed by atoms with E-state index in [1.165, 1.54) is 0 Å². The molecule has 3 aromatic rings. The van der Waals surface area contributed by atoms with E-state index in [0.29, 0.717) is 43.3 Å². The maximum atomic E-state index is 13.8. The molecule has 196 valence electrons. The van der Waals surface area contributed by atoms with Gasteiger partial charge in [-0.05, 0) is 41.2 Å². The Morgan fingerprint density at radius 1 is 0.811 bits per heavy atom. The molecule has 0 saturated carbocycles. The van der Waals surface area contributed by atoms with Crippen molar-refractivity contribution >= 4 is 11.8 Å². The molecule has 0 saturated heterocycles. The summed E-state index contributed by atoms with van der Waals surface area (Å²) in [6.45, 7) is 5.03. The molecule has 1 atom stereocenters. The number of amides is 2. The fourth-order valence-corrected chi connectivity index (χ4v) is 4.19. The van der Waals surface area contributed by atoms with Gasteiger partial charge in [-0.15, -0.1) is 0 Å². The van der Waals surface area contributed by atoms with Gasteiger partial charge in [0.15, 0.2) is 11.5 Å². The van der Waals surface area contributed by atoms with Gasteiger partial charge in [-0.3, -0.25) is 9.59 Å². The minimum absolute atomic E-state index is 0.0701. The Morgan fingerprint density at radius 2 is 1.43 bits per heavy atom. The van der Waals surface area contributed by atoms with E-state index >= 15 is 0 Å². The van der Waals surface area contributed by atoms with E-state index in [1.54, 1.807) is 19.1 Å². The lowest BCUT2D eigenvalue weighted by atomic mass is 10.0. The molecule has 0 aliphatic rings. The highest BCUT2D eigenvalue weighted by molar-refractivity contribution is 5.88. The van der Waals surface area contributed by atoms with E-state index < -0.39 is 6.04 Å². The van der Waals surface area contributed by atoms with Crippen LogP contribution in [0.1, 0.15) is 37.0 Å². The Bertz CT molecular complexity index is 1130. The molecule has 0 aliphatic carbocycles. The lowest BCUT2D eigenvalue weighted by molar-refractivity contribution is -0.141. The molecule has 6 heteroatoms. The number of aryl methyl sites for hydroxylation is 1. The van der Waals surface area contributed by atoms with Crippen LogP contribution in [-0.2, 0) is 29.0 Å². The van der Waals surface area contributed by atoms with Gasteiger partial charge in [-0.1, -0.05) is 80.6 Å². The number of carbonyl (C=O) groups excluding carboxylic acids is 2. The summed E-state index contributed by atoms with van der Waals surface area (Å²) in [4.78, 5) is 29.0. The van der Waals surface area contributed by atoms with Gasteiger partial charge in [0.05, 0.1) is 14.2 Å². The van der Waals surface area contributed by atoms with Crippen LogP contribution in [0.4, 0.5) is 0 Å². The van der Waals surface area contributed by atoms with Crippen molar-refractivity contribution in [2.45, 2.75) is 45.7 Å². The zero-order valence-corrected chi connectivity index (χ0v) is 22.3. The number of benzene rings is 3. The quantitative estimate of drug-likeness (QED) is 0.355. The summed E-state index contributed by atoms with van der Waals surface area (Å²) in [5, 5.41) is 3.06. The largest absolute Gasteiger partial charge is 0.493 e. The fraction of sp³-hybridized carbons (Fsp3) is 0.355. The summed E-state index contributed by atoms with van der Waals surface area (Å²) in [5.74, 6) is 1.38. The average Bonchev–Trinajstić information content (AvgIpc) is 2.93. The highest BCUT2D eigenvalue weighted by Gasteiger charge is 2.30. The topological polar surface area (TPSA) is 67.9 Å². The molecule has 3 rings (SSSR count). The first-order chi connectivity index (χ1) is 17.9. The van der Waals surface area contributed by atoms with Crippen molar-refractivity contribution in [3.05, 3.63) is 95.6 Å². The number of methoxy groups -OCH3 is 2. The van der Waals surface area contributed by atoms with Crippen LogP contribution in [0.5, 0.6) is 11.5 Å². The lowest BCUT2D eigenvalue weighted by Gasteiger charge is -2.32. The summed E-state index contributed by atoms with van der Waals surface area (Å²) < 4.78 is 10.8. The van der Waals surface area contributed by atoms with Gasteiger partial charge >= 0.3 is 0 Å². The molecular formula is C31H38N2O4. The predicted octanol–water partition coefficient (Wildman–Crippen LogP) is 5.05. The highest BCUT2D eigenvalue weighted by Crippen LogP contribution is 2.28. The van der Waals surface area contributed by atoms with Crippen molar-refractivity contribution in [3.63, 3.8) is 0 Å². The van der Waals surface area contributed by atoms with E-state index in [9.17, 15) is 9.59 Å². The second kappa shape index (κ2) is 14.1. The smallest absolute Gasteiger partial charge is 0.243 e.